The molecule has 2 amide bonds. The number of carbonyl (C=O) groups is 2. The van der Waals surface area contributed by atoms with E-state index in [0.717, 1.165) is 0 Å². The molecule has 1 N–H and O–H groups in total. The Labute approximate surface area is 194 Å². The first-order valence-electron chi connectivity index (χ1n) is 10.5. The summed E-state index contributed by atoms with van der Waals surface area (Å²) in [5.41, 5.74) is 1.79. The number of rotatable bonds is 10. The zero-order valence-electron chi connectivity index (χ0n) is 18.5. The molecule has 168 valence electrons. The molecule has 0 heterocycles. The molecule has 2 aromatic carbocycles. The minimum atomic E-state index is -0.660. The van der Waals surface area contributed by atoms with E-state index in [9.17, 15) is 9.59 Å². The summed E-state index contributed by atoms with van der Waals surface area (Å²) in [6.07, 6.45) is 0.447. The van der Waals surface area contributed by atoms with Gasteiger partial charge < -0.3 is 15.0 Å². The summed E-state index contributed by atoms with van der Waals surface area (Å²) in [6, 6.07) is 12.2. The third kappa shape index (κ3) is 6.88. The average molecular weight is 465 g/mol. The maximum atomic E-state index is 13.2. The summed E-state index contributed by atoms with van der Waals surface area (Å²) >= 11 is 12.7. The summed E-state index contributed by atoms with van der Waals surface area (Å²) in [5, 5.41) is 3.69. The first-order chi connectivity index (χ1) is 14.8. The van der Waals surface area contributed by atoms with Crippen molar-refractivity contribution >= 4 is 35.0 Å². The lowest BCUT2D eigenvalue weighted by Gasteiger charge is -2.31. The van der Waals surface area contributed by atoms with E-state index in [1.54, 1.807) is 18.2 Å². The van der Waals surface area contributed by atoms with E-state index in [0.29, 0.717) is 40.2 Å². The topological polar surface area (TPSA) is 58.6 Å². The van der Waals surface area contributed by atoms with Crippen LogP contribution in [0.2, 0.25) is 10.0 Å². The van der Waals surface area contributed by atoms with Gasteiger partial charge in [0.05, 0.1) is 0 Å². The van der Waals surface area contributed by atoms with Crippen LogP contribution in [-0.4, -0.2) is 35.9 Å². The highest BCUT2D eigenvalue weighted by atomic mass is 35.5. The van der Waals surface area contributed by atoms with E-state index < -0.39 is 6.04 Å². The molecule has 0 spiro atoms. The number of hydrogen-bond donors (Lipinski definition) is 1. The predicted octanol–water partition coefficient (Wildman–Crippen LogP) is 5.44. The van der Waals surface area contributed by atoms with Gasteiger partial charge in [0.1, 0.15) is 11.8 Å². The van der Waals surface area contributed by atoms with Gasteiger partial charge in [0.15, 0.2) is 6.61 Å². The van der Waals surface area contributed by atoms with Gasteiger partial charge in [0.2, 0.25) is 5.91 Å². The van der Waals surface area contributed by atoms with Crippen LogP contribution in [0.15, 0.2) is 42.5 Å². The minimum absolute atomic E-state index is 0.114. The van der Waals surface area contributed by atoms with Gasteiger partial charge in [-0.15, -0.1) is 0 Å². The van der Waals surface area contributed by atoms with Crippen LogP contribution in [0.1, 0.15) is 51.2 Å². The Morgan fingerprint density at radius 1 is 1.03 bits per heavy atom. The molecule has 1 atom stereocenters. The molecule has 2 aromatic rings. The molecule has 2 rings (SSSR count). The second-order valence-corrected chi connectivity index (χ2v) is 8.37. The van der Waals surface area contributed by atoms with Crippen molar-refractivity contribution in [2.75, 3.05) is 13.2 Å². The van der Waals surface area contributed by atoms with E-state index in [1.807, 2.05) is 38.1 Å². The highest BCUT2D eigenvalue weighted by molar-refractivity contribution is 6.36. The van der Waals surface area contributed by atoms with Crippen LogP contribution in [0.5, 0.6) is 5.75 Å². The van der Waals surface area contributed by atoms with Crippen molar-refractivity contribution in [2.45, 2.75) is 52.6 Å². The molecule has 5 nitrogen and oxygen atoms in total. The van der Waals surface area contributed by atoms with Gasteiger partial charge in [-0.3, -0.25) is 9.59 Å². The van der Waals surface area contributed by atoms with Crippen molar-refractivity contribution < 1.29 is 14.3 Å². The van der Waals surface area contributed by atoms with Crippen molar-refractivity contribution in [1.29, 1.82) is 0 Å². The lowest BCUT2D eigenvalue weighted by atomic mass is 10.0. The third-order valence-electron chi connectivity index (χ3n) is 5.04. The molecule has 0 aliphatic heterocycles. The molecule has 0 radical (unpaired) electrons. The lowest BCUT2D eigenvalue weighted by molar-refractivity contribution is -0.142. The van der Waals surface area contributed by atoms with Gasteiger partial charge in [0, 0.05) is 28.7 Å². The number of halogens is 2. The van der Waals surface area contributed by atoms with Crippen LogP contribution < -0.4 is 10.1 Å². The van der Waals surface area contributed by atoms with Crippen LogP contribution in [0.25, 0.3) is 0 Å². The molecule has 0 unspecified atom stereocenters. The molecule has 0 aliphatic carbocycles. The Morgan fingerprint density at radius 2 is 1.65 bits per heavy atom. The number of hydrogen-bond acceptors (Lipinski definition) is 3. The van der Waals surface area contributed by atoms with Gasteiger partial charge >= 0.3 is 0 Å². The van der Waals surface area contributed by atoms with Crippen molar-refractivity contribution in [3.05, 3.63) is 63.6 Å². The highest BCUT2D eigenvalue weighted by Crippen LogP contribution is 2.27. The SMILES string of the molecule is CCNC(=O)[C@@H](CC)N(Cc1c(Cl)cccc1Cl)C(=O)COc1ccc(C(C)C)cc1. The van der Waals surface area contributed by atoms with E-state index in [1.165, 1.54) is 10.5 Å². The average Bonchev–Trinajstić information content (AvgIpc) is 2.74. The molecule has 0 fully saturated rings. The quantitative estimate of drug-likeness (QED) is 0.509. The number of carbonyl (C=O) groups excluding carboxylic acids is 2. The predicted molar refractivity (Wildman–Crippen MR) is 126 cm³/mol. The van der Waals surface area contributed by atoms with Crippen molar-refractivity contribution in [3.63, 3.8) is 0 Å². The molecular weight excluding hydrogens is 435 g/mol. The molecule has 7 heteroatoms. The van der Waals surface area contributed by atoms with Crippen molar-refractivity contribution in [3.8, 4) is 5.75 Å². The highest BCUT2D eigenvalue weighted by Gasteiger charge is 2.29. The zero-order valence-corrected chi connectivity index (χ0v) is 20.0. The van der Waals surface area contributed by atoms with E-state index in [-0.39, 0.29) is 25.0 Å². The summed E-state index contributed by atoms with van der Waals surface area (Å²) in [5.74, 6) is 0.471. The standard InChI is InChI=1S/C24H30Cl2N2O3/c1-5-22(24(30)27-6-2)28(14-19-20(25)8-7-9-21(19)26)23(29)15-31-18-12-10-17(11-13-18)16(3)4/h7-13,16,22H,5-6,14-15H2,1-4H3,(H,27,30)/t22-/m1/s1. The Balaban J connectivity index is 2.23. The number of nitrogens with zero attached hydrogens (tertiary/aromatic N) is 1. The molecule has 0 saturated carbocycles. The zero-order chi connectivity index (χ0) is 23.0. The fourth-order valence-electron chi connectivity index (χ4n) is 3.24. The molecule has 0 aliphatic rings. The smallest absolute Gasteiger partial charge is 0.261 e. The Kier molecular flexibility index (Phi) is 9.66. The van der Waals surface area contributed by atoms with Crippen LogP contribution in [-0.2, 0) is 16.1 Å². The summed E-state index contributed by atoms with van der Waals surface area (Å²) in [7, 11) is 0. The van der Waals surface area contributed by atoms with Gasteiger partial charge in [-0.05, 0) is 49.1 Å². The second-order valence-electron chi connectivity index (χ2n) is 7.55. The first kappa shape index (κ1) is 25.0. The molecule has 0 saturated heterocycles. The third-order valence-corrected chi connectivity index (χ3v) is 5.74. The largest absolute Gasteiger partial charge is 0.484 e. The number of likely N-dealkylation sites (N-methyl/N-ethyl adjacent to an activating group) is 1. The van der Waals surface area contributed by atoms with E-state index in [4.69, 9.17) is 27.9 Å². The van der Waals surface area contributed by atoms with Crippen LogP contribution in [0, 0.1) is 0 Å². The normalized spacial score (nSPS) is 11.8. The van der Waals surface area contributed by atoms with Crippen molar-refractivity contribution in [1.82, 2.24) is 10.2 Å². The molecular formula is C24H30Cl2N2O3. The maximum absolute atomic E-state index is 13.2. The lowest BCUT2D eigenvalue weighted by Crippen LogP contribution is -2.50. The second kappa shape index (κ2) is 12.0. The Hall–Kier alpha value is -2.24. The Bertz CT molecular complexity index is 865. The molecule has 31 heavy (non-hydrogen) atoms. The van der Waals surface area contributed by atoms with Crippen molar-refractivity contribution in [2.24, 2.45) is 0 Å². The van der Waals surface area contributed by atoms with Gasteiger partial charge in [-0.25, -0.2) is 0 Å². The van der Waals surface area contributed by atoms with Gasteiger partial charge in [-0.2, -0.15) is 0 Å². The summed E-state index contributed by atoms with van der Waals surface area (Å²) in [4.78, 5) is 27.3. The number of ether oxygens (including phenoxy) is 1. The Morgan fingerprint density at radius 3 is 2.16 bits per heavy atom. The van der Waals surface area contributed by atoms with E-state index >= 15 is 0 Å². The monoisotopic (exact) mass is 464 g/mol. The molecule has 0 bridgehead atoms. The minimum Gasteiger partial charge on any atom is -0.484 e. The summed E-state index contributed by atoms with van der Waals surface area (Å²) in [6.45, 7) is 8.32. The number of amides is 2. The van der Waals surface area contributed by atoms with E-state index in [2.05, 4.69) is 19.2 Å². The van der Waals surface area contributed by atoms with Crippen LogP contribution in [0.4, 0.5) is 0 Å². The number of nitrogens with one attached hydrogen (secondary N) is 1. The first-order valence-corrected chi connectivity index (χ1v) is 11.3. The van der Waals surface area contributed by atoms with Crippen LogP contribution >= 0.6 is 23.2 Å². The van der Waals surface area contributed by atoms with Crippen LogP contribution in [0.3, 0.4) is 0 Å². The van der Waals surface area contributed by atoms with Gasteiger partial charge in [0.25, 0.3) is 5.91 Å². The maximum Gasteiger partial charge on any atom is 0.261 e. The fourth-order valence-corrected chi connectivity index (χ4v) is 3.76. The molecule has 0 aromatic heterocycles. The summed E-state index contributed by atoms with van der Waals surface area (Å²) < 4.78 is 5.73. The number of benzene rings is 2. The fraction of sp³-hybridized carbons (Fsp3) is 0.417. The van der Waals surface area contributed by atoms with Gasteiger partial charge in [-0.1, -0.05) is 62.2 Å².